The minimum atomic E-state index is -3.79. The number of anilines is 3. The van der Waals surface area contributed by atoms with Crippen LogP contribution in [0.25, 0.3) is 112 Å². The minimum absolute atomic E-state index is 0. The molecule has 4 aromatic heterocycles. The first-order valence-electron chi connectivity index (χ1n) is 27.0. The number of ether oxygens (including phenoxy) is 2. The SMILES string of the molecule is CNC(=O)c1c(-c2ccc(F)cc2)oc2cc(N(C)S(C)(=O)=O)c(-c3ccc(OC)c(-c4nc5c(N)cccc5o4)c3)cc12.CNC(=O)c1c(-c2ccc(F)cc2)oc2cc(N(C)S(C)(=O)=O)c(-c3ccc(OC)c(-c4nc5c([N+](=O)[O-])cccc5o4)c3)cc12.Cl.N.[Fe]. The summed E-state index contributed by atoms with van der Waals surface area (Å²) in [4.78, 5) is 46.5. The predicted molar refractivity (Wildman–Crippen MR) is 350 cm³/mol. The zero-order chi connectivity index (χ0) is 64.2. The normalized spacial score (nSPS) is 11.2. The largest absolute Gasteiger partial charge is 0.496 e. The number of benzene rings is 8. The molecule has 29 heteroatoms. The molecule has 7 N–H and O–H groups in total. The Morgan fingerprint density at radius 1 is 0.559 bits per heavy atom. The number of halogens is 3. The molecule has 0 aliphatic heterocycles. The number of nitro benzene ring substituents is 1. The van der Waals surface area contributed by atoms with Crippen LogP contribution in [0.15, 0.2) is 163 Å². The van der Waals surface area contributed by atoms with Gasteiger partial charge in [0, 0.05) is 96.5 Å². The van der Waals surface area contributed by atoms with Crippen LogP contribution in [0.2, 0.25) is 0 Å². The first-order valence-corrected chi connectivity index (χ1v) is 30.7. The van der Waals surface area contributed by atoms with Crippen molar-refractivity contribution in [3.05, 3.63) is 178 Å². The fourth-order valence-corrected chi connectivity index (χ4v) is 11.3. The third-order valence-corrected chi connectivity index (χ3v) is 17.3. The van der Waals surface area contributed by atoms with E-state index in [0.29, 0.717) is 89.3 Å². The molecule has 0 aliphatic carbocycles. The number of para-hydroxylation sites is 2. The van der Waals surface area contributed by atoms with E-state index in [1.54, 1.807) is 78.9 Å². The molecule has 0 fully saturated rings. The van der Waals surface area contributed by atoms with E-state index < -0.39 is 48.4 Å². The van der Waals surface area contributed by atoms with Crippen molar-refractivity contribution in [2.24, 2.45) is 0 Å². The van der Waals surface area contributed by atoms with Crippen LogP contribution in [0.4, 0.5) is 31.5 Å². The number of aromatic nitrogens is 2. The second-order valence-corrected chi connectivity index (χ2v) is 24.4. The summed E-state index contributed by atoms with van der Waals surface area (Å²) < 4.78 is 116. The van der Waals surface area contributed by atoms with Crippen LogP contribution < -0.4 is 40.6 Å². The zero-order valence-corrected chi connectivity index (χ0v) is 54.0. The number of hydrogen-bond donors (Lipinski definition) is 4. The Kier molecular flexibility index (Phi) is 19.8. The molecule has 93 heavy (non-hydrogen) atoms. The van der Waals surface area contributed by atoms with E-state index in [1.165, 1.54) is 109 Å². The standard InChI is InChI=1S/C32H25FN4O8S.C32H27FN4O6S.ClH.Fe.H3N/c1-34-31(38)28-21-15-20(24(36(2)46(4,41)42)16-27(21)44-30(28)17-8-11-19(33)12-9-17)18-10-13-25(43-3)22(14-18)32-35-29-23(37(39)40)6-5-7-26(29)45-32;1-35-31(38)28-21-15-20(18-10-13-25(41-3)22(14-18)32-36-29-23(34)6-5-7-26(29)43-32)24(37(2)44(4,39)40)16-27(21)42-30(28)17-8-11-19(33)12-9-17;;;/h5-16H,1-4H3,(H,34,38);5-16H,34H2,1-4H3,(H,35,38);1H;;1H3. The number of carbonyl (C=O) groups excluding carboxylic acids is 2. The second kappa shape index (κ2) is 26.8. The van der Waals surface area contributed by atoms with Gasteiger partial charge in [-0.3, -0.25) is 28.3 Å². The summed E-state index contributed by atoms with van der Waals surface area (Å²) in [6, 6.07) is 37.2. The minimum Gasteiger partial charge on any atom is -0.496 e. The topological polar surface area (TPSA) is 334 Å². The van der Waals surface area contributed by atoms with Crippen LogP contribution in [0.5, 0.6) is 11.5 Å². The average Bonchev–Trinajstić information content (AvgIpc) is 1.67. The van der Waals surface area contributed by atoms with E-state index in [-0.39, 0.29) is 104 Å². The smallest absolute Gasteiger partial charge is 0.298 e. The monoisotopic (exact) mass is 1370 g/mol. The molecular formula is C64H56ClF2FeN9O14S2. The first-order chi connectivity index (χ1) is 42.9. The molecule has 4 heterocycles. The van der Waals surface area contributed by atoms with Crippen molar-refractivity contribution < 1.29 is 84.3 Å². The number of nitrogens with one attached hydrogen (secondary N) is 2. The average molecular weight is 1370 g/mol. The maximum atomic E-state index is 13.7. The number of rotatable bonds is 15. The summed E-state index contributed by atoms with van der Waals surface area (Å²) in [6.07, 6.45) is 2.14. The van der Waals surface area contributed by atoms with E-state index >= 15 is 0 Å². The quantitative estimate of drug-likeness (QED) is 0.0321. The van der Waals surface area contributed by atoms with Gasteiger partial charge in [-0.1, -0.05) is 24.3 Å². The number of oxazole rings is 2. The molecular weight excluding hydrogens is 1310 g/mol. The fourth-order valence-electron chi connectivity index (χ4n) is 10.3. The molecule has 0 saturated carbocycles. The summed E-state index contributed by atoms with van der Waals surface area (Å²) in [5.74, 6) is -0.344. The van der Waals surface area contributed by atoms with E-state index in [4.69, 9.17) is 32.9 Å². The van der Waals surface area contributed by atoms with E-state index in [2.05, 4.69) is 20.6 Å². The molecule has 12 rings (SSSR count). The molecule has 482 valence electrons. The van der Waals surface area contributed by atoms with Crippen molar-refractivity contribution in [1.82, 2.24) is 26.8 Å². The van der Waals surface area contributed by atoms with Crippen LogP contribution in [0, 0.1) is 21.7 Å². The van der Waals surface area contributed by atoms with Gasteiger partial charge in [0.2, 0.25) is 31.8 Å². The fraction of sp³-hybridized carbons (Fsp3) is 0.125. The molecule has 0 atom stereocenters. The number of hydrogen-bond acceptors (Lipinski definition) is 18. The Balaban J connectivity index is 0.000000232. The summed E-state index contributed by atoms with van der Waals surface area (Å²) >= 11 is 0. The van der Waals surface area contributed by atoms with Gasteiger partial charge >= 0.3 is 0 Å². The third-order valence-electron chi connectivity index (χ3n) is 14.9. The number of amides is 2. The van der Waals surface area contributed by atoms with Crippen LogP contribution in [-0.4, -0.2) is 98.5 Å². The molecule has 0 bridgehead atoms. The number of sulfonamides is 2. The summed E-state index contributed by atoms with van der Waals surface area (Å²) in [6.45, 7) is 0. The number of methoxy groups -OCH3 is 2. The van der Waals surface area contributed by atoms with Gasteiger partial charge in [-0.15, -0.1) is 12.4 Å². The van der Waals surface area contributed by atoms with Crippen LogP contribution in [0.1, 0.15) is 20.7 Å². The van der Waals surface area contributed by atoms with Gasteiger partial charge in [0.15, 0.2) is 16.7 Å². The molecule has 8 aromatic carbocycles. The zero-order valence-electron chi connectivity index (χ0n) is 50.4. The summed E-state index contributed by atoms with van der Waals surface area (Å²) in [7, 11) is 1.20. The molecule has 0 unspecified atom stereocenters. The van der Waals surface area contributed by atoms with Crippen molar-refractivity contribution in [2.75, 3.05) is 69.3 Å². The van der Waals surface area contributed by atoms with Crippen molar-refractivity contribution in [3.8, 4) is 79.3 Å². The molecule has 0 radical (unpaired) electrons. The Morgan fingerprint density at radius 2 is 0.946 bits per heavy atom. The predicted octanol–water partition coefficient (Wildman–Crippen LogP) is 13.0. The Bertz CT molecular complexity index is 5140. The van der Waals surface area contributed by atoms with E-state index in [9.17, 15) is 45.3 Å². The van der Waals surface area contributed by atoms with Crippen molar-refractivity contribution in [3.63, 3.8) is 0 Å². The van der Waals surface area contributed by atoms with Gasteiger partial charge in [-0.2, -0.15) is 0 Å². The third kappa shape index (κ3) is 13.0. The van der Waals surface area contributed by atoms with Crippen molar-refractivity contribution in [1.29, 1.82) is 0 Å². The molecule has 2 amide bonds. The van der Waals surface area contributed by atoms with Gasteiger partial charge in [-0.05, 0) is 114 Å². The van der Waals surface area contributed by atoms with Crippen molar-refractivity contribution >= 4 is 111 Å². The van der Waals surface area contributed by atoms with Gasteiger partial charge in [0.05, 0.1) is 71.0 Å². The van der Waals surface area contributed by atoms with Gasteiger partial charge in [0.25, 0.3) is 17.5 Å². The number of non-ortho nitro benzene ring substituents is 1. The molecule has 12 aromatic rings. The van der Waals surface area contributed by atoms with Crippen molar-refractivity contribution in [2.45, 2.75) is 0 Å². The maximum Gasteiger partial charge on any atom is 0.298 e. The van der Waals surface area contributed by atoms with Crippen LogP contribution in [-0.2, 0) is 37.1 Å². The van der Waals surface area contributed by atoms with E-state index in [0.717, 1.165) is 21.1 Å². The number of nitrogens with two attached hydrogens (primary N) is 1. The Hall–Kier alpha value is -10.4. The molecule has 0 saturated heterocycles. The number of fused-ring (bicyclic) bond motifs is 4. The second-order valence-electron chi connectivity index (χ2n) is 20.4. The Labute approximate surface area is 546 Å². The van der Waals surface area contributed by atoms with Gasteiger partial charge in [0.1, 0.15) is 51.3 Å². The number of nitrogen functional groups attached to an aromatic ring is 1. The molecule has 0 aliphatic rings. The summed E-state index contributed by atoms with van der Waals surface area (Å²) in [5.41, 5.74) is 12.6. The van der Waals surface area contributed by atoms with Gasteiger partial charge < -0.3 is 49.7 Å². The number of nitro groups is 1. The first kappa shape index (κ1) is 68.6. The Morgan fingerprint density at radius 3 is 1.32 bits per heavy atom. The maximum absolute atomic E-state index is 13.7. The number of furan rings is 2. The van der Waals surface area contributed by atoms with Crippen LogP contribution in [0.3, 0.4) is 0 Å². The summed E-state index contributed by atoms with van der Waals surface area (Å²) in [5, 5.41) is 17.7. The number of nitrogens with zero attached hydrogens (tertiary/aromatic N) is 5. The molecule has 23 nitrogen and oxygen atoms in total. The van der Waals surface area contributed by atoms with Crippen LogP contribution >= 0.6 is 12.4 Å². The van der Waals surface area contributed by atoms with E-state index in [1.807, 2.05) is 0 Å². The number of carbonyl (C=O) groups is 2. The van der Waals surface area contributed by atoms with Gasteiger partial charge in [-0.25, -0.2) is 35.6 Å². The molecule has 0 spiro atoms.